The Balaban J connectivity index is 1.64. The number of methoxy groups -OCH3 is 1. The van der Waals surface area contributed by atoms with Crippen LogP contribution in [0.25, 0.3) is 0 Å². The number of aliphatic imine (C=N–C) groups is 1. The van der Waals surface area contributed by atoms with Gasteiger partial charge in [0, 0.05) is 20.2 Å². The van der Waals surface area contributed by atoms with Gasteiger partial charge < -0.3 is 24.8 Å². The molecular formula is C20H25N3O3. The van der Waals surface area contributed by atoms with Crippen LogP contribution in [-0.4, -0.2) is 26.4 Å². The van der Waals surface area contributed by atoms with Crippen molar-refractivity contribution in [1.82, 2.24) is 10.6 Å². The highest BCUT2D eigenvalue weighted by molar-refractivity contribution is 5.79. The van der Waals surface area contributed by atoms with Crippen molar-refractivity contribution in [2.24, 2.45) is 4.99 Å². The fourth-order valence-corrected chi connectivity index (χ4v) is 2.76. The van der Waals surface area contributed by atoms with Gasteiger partial charge in [0.15, 0.2) is 17.5 Å². The first kappa shape index (κ1) is 18.1. The molecule has 138 valence electrons. The predicted octanol–water partition coefficient (Wildman–Crippen LogP) is 2.82. The summed E-state index contributed by atoms with van der Waals surface area (Å²) in [7, 11) is 1.71. The van der Waals surface area contributed by atoms with E-state index in [1.54, 1.807) is 7.11 Å². The van der Waals surface area contributed by atoms with Gasteiger partial charge >= 0.3 is 0 Å². The number of hydrogen-bond donors (Lipinski definition) is 2. The van der Waals surface area contributed by atoms with Crippen LogP contribution in [0, 0.1) is 0 Å². The molecule has 0 radical (unpaired) electrons. The van der Waals surface area contributed by atoms with Gasteiger partial charge in [0.25, 0.3) is 0 Å². The molecule has 0 aromatic heterocycles. The molecule has 26 heavy (non-hydrogen) atoms. The maximum absolute atomic E-state index is 5.42. The number of rotatable bonds is 7. The number of ether oxygens (including phenoxy) is 3. The van der Waals surface area contributed by atoms with Gasteiger partial charge in [0.05, 0.1) is 13.2 Å². The van der Waals surface area contributed by atoms with E-state index in [-0.39, 0.29) is 6.79 Å². The Morgan fingerprint density at radius 3 is 2.69 bits per heavy atom. The van der Waals surface area contributed by atoms with Crippen molar-refractivity contribution in [3.8, 4) is 11.5 Å². The van der Waals surface area contributed by atoms with Crippen molar-refractivity contribution in [3.05, 3.63) is 59.2 Å². The van der Waals surface area contributed by atoms with Crippen molar-refractivity contribution >= 4 is 5.96 Å². The van der Waals surface area contributed by atoms with Gasteiger partial charge in [-0.3, -0.25) is 0 Å². The zero-order valence-electron chi connectivity index (χ0n) is 15.2. The normalized spacial score (nSPS) is 12.9. The molecule has 1 aliphatic heterocycles. The number of benzene rings is 2. The summed E-state index contributed by atoms with van der Waals surface area (Å²) in [4.78, 5) is 4.67. The predicted molar refractivity (Wildman–Crippen MR) is 101 cm³/mol. The second-order valence-corrected chi connectivity index (χ2v) is 5.94. The fourth-order valence-electron chi connectivity index (χ4n) is 2.76. The molecule has 2 aromatic rings. The third-order valence-electron chi connectivity index (χ3n) is 4.07. The Morgan fingerprint density at radius 2 is 1.88 bits per heavy atom. The van der Waals surface area contributed by atoms with E-state index < -0.39 is 0 Å². The number of guanidine groups is 1. The lowest BCUT2D eigenvalue weighted by Gasteiger charge is -2.14. The molecule has 6 nitrogen and oxygen atoms in total. The van der Waals surface area contributed by atoms with Crippen LogP contribution in [0.4, 0.5) is 0 Å². The first-order valence-electron chi connectivity index (χ1n) is 8.76. The first-order valence-corrected chi connectivity index (χ1v) is 8.76. The van der Waals surface area contributed by atoms with Crippen LogP contribution in [-0.2, 0) is 24.4 Å². The summed E-state index contributed by atoms with van der Waals surface area (Å²) in [5.41, 5.74) is 3.45. The Kier molecular flexibility index (Phi) is 6.33. The summed E-state index contributed by atoms with van der Waals surface area (Å²) >= 11 is 0. The average molecular weight is 355 g/mol. The Bertz CT molecular complexity index is 762. The molecule has 0 aliphatic carbocycles. The van der Waals surface area contributed by atoms with Crippen LogP contribution in [0.15, 0.2) is 47.5 Å². The Hall–Kier alpha value is -2.73. The molecule has 0 amide bonds. The summed E-state index contributed by atoms with van der Waals surface area (Å²) in [6.07, 6.45) is 0. The summed E-state index contributed by atoms with van der Waals surface area (Å²) in [5, 5.41) is 6.66. The lowest BCUT2D eigenvalue weighted by Crippen LogP contribution is -2.37. The molecule has 0 bridgehead atoms. The van der Waals surface area contributed by atoms with Gasteiger partial charge in [0.2, 0.25) is 6.79 Å². The third kappa shape index (κ3) is 4.67. The van der Waals surface area contributed by atoms with E-state index in [1.807, 2.05) is 30.3 Å². The van der Waals surface area contributed by atoms with E-state index in [9.17, 15) is 0 Å². The minimum absolute atomic E-state index is 0.285. The maximum atomic E-state index is 5.42. The highest BCUT2D eigenvalue weighted by Gasteiger charge is 2.13. The number of nitrogens with zero attached hydrogens (tertiary/aromatic N) is 1. The van der Waals surface area contributed by atoms with E-state index in [0.29, 0.717) is 19.7 Å². The SMILES string of the molecule is CCNC(=NCc1ccc2c(c1)OCO2)NCc1ccccc1COC. The van der Waals surface area contributed by atoms with Gasteiger partial charge in [0.1, 0.15) is 0 Å². The minimum atomic E-state index is 0.285. The maximum Gasteiger partial charge on any atom is 0.231 e. The fraction of sp³-hybridized carbons (Fsp3) is 0.350. The van der Waals surface area contributed by atoms with Crippen molar-refractivity contribution in [1.29, 1.82) is 0 Å². The van der Waals surface area contributed by atoms with E-state index >= 15 is 0 Å². The van der Waals surface area contributed by atoms with Gasteiger partial charge in [-0.05, 0) is 35.7 Å². The highest BCUT2D eigenvalue weighted by atomic mass is 16.7. The molecule has 1 aliphatic rings. The van der Waals surface area contributed by atoms with Crippen LogP contribution in [0.1, 0.15) is 23.6 Å². The van der Waals surface area contributed by atoms with Crippen LogP contribution in [0.3, 0.4) is 0 Å². The third-order valence-corrected chi connectivity index (χ3v) is 4.07. The van der Waals surface area contributed by atoms with Gasteiger partial charge in [-0.2, -0.15) is 0 Å². The largest absolute Gasteiger partial charge is 0.454 e. The summed E-state index contributed by atoms with van der Waals surface area (Å²) in [6.45, 7) is 4.98. The van der Waals surface area contributed by atoms with E-state index in [0.717, 1.165) is 29.6 Å². The standard InChI is InChI=1S/C20H25N3O3/c1-3-21-20(23-12-16-6-4-5-7-17(16)13-24-2)22-11-15-8-9-18-19(10-15)26-14-25-18/h4-10H,3,11-14H2,1-2H3,(H2,21,22,23). The second-order valence-electron chi connectivity index (χ2n) is 5.94. The molecular weight excluding hydrogens is 330 g/mol. The first-order chi connectivity index (χ1) is 12.8. The Labute approximate surface area is 154 Å². The smallest absolute Gasteiger partial charge is 0.231 e. The van der Waals surface area contributed by atoms with Crippen molar-refractivity contribution < 1.29 is 14.2 Å². The Morgan fingerprint density at radius 1 is 1.08 bits per heavy atom. The summed E-state index contributed by atoms with van der Waals surface area (Å²) in [6, 6.07) is 14.1. The molecule has 0 saturated carbocycles. The topological polar surface area (TPSA) is 64.1 Å². The average Bonchev–Trinajstić information content (AvgIpc) is 3.13. The molecule has 1 heterocycles. The van der Waals surface area contributed by atoms with Gasteiger partial charge in [-0.1, -0.05) is 30.3 Å². The molecule has 2 N–H and O–H groups in total. The number of nitrogens with one attached hydrogen (secondary N) is 2. The minimum Gasteiger partial charge on any atom is -0.454 e. The molecule has 0 fully saturated rings. The zero-order valence-corrected chi connectivity index (χ0v) is 15.2. The highest BCUT2D eigenvalue weighted by Crippen LogP contribution is 2.32. The van der Waals surface area contributed by atoms with Crippen molar-refractivity contribution in [3.63, 3.8) is 0 Å². The van der Waals surface area contributed by atoms with E-state index in [4.69, 9.17) is 14.2 Å². The zero-order chi connectivity index (χ0) is 18.2. The summed E-state index contributed by atoms with van der Waals surface area (Å²) < 4.78 is 16.0. The van der Waals surface area contributed by atoms with Crippen LogP contribution >= 0.6 is 0 Å². The van der Waals surface area contributed by atoms with Gasteiger partial charge in [-0.25, -0.2) is 4.99 Å². The molecule has 0 spiro atoms. The number of fused-ring (bicyclic) bond motifs is 1. The van der Waals surface area contributed by atoms with Crippen LogP contribution < -0.4 is 20.1 Å². The quantitative estimate of drug-likeness (QED) is 0.591. The lowest BCUT2D eigenvalue weighted by atomic mass is 10.1. The van der Waals surface area contributed by atoms with E-state index in [1.165, 1.54) is 11.1 Å². The molecule has 0 atom stereocenters. The van der Waals surface area contributed by atoms with Crippen molar-refractivity contribution in [2.45, 2.75) is 26.6 Å². The molecule has 6 heteroatoms. The lowest BCUT2D eigenvalue weighted by molar-refractivity contribution is 0.174. The number of hydrogen-bond acceptors (Lipinski definition) is 4. The molecule has 3 rings (SSSR count). The van der Waals surface area contributed by atoms with Crippen molar-refractivity contribution in [2.75, 3.05) is 20.4 Å². The second kappa shape index (κ2) is 9.10. The molecule has 0 saturated heterocycles. The van der Waals surface area contributed by atoms with Crippen LogP contribution in [0.2, 0.25) is 0 Å². The van der Waals surface area contributed by atoms with E-state index in [2.05, 4.69) is 34.7 Å². The monoisotopic (exact) mass is 355 g/mol. The summed E-state index contributed by atoms with van der Waals surface area (Å²) in [5.74, 6) is 2.35. The van der Waals surface area contributed by atoms with Gasteiger partial charge in [-0.15, -0.1) is 0 Å². The molecule has 0 unspecified atom stereocenters. The molecule has 2 aromatic carbocycles. The van der Waals surface area contributed by atoms with Crippen LogP contribution in [0.5, 0.6) is 11.5 Å².